The summed E-state index contributed by atoms with van der Waals surface area (Å²) in [4.78, 5) is 16.4. The van der Waals surface area contributed by atoms with Crippen LogP contribution in [0, 0.1) is 6.92 Å². The molecular weight excluding hydrogens is 320 g/mol. The second-order valence-electron chi connectivity index (χ2n) is 5.72. The molecule has 2 N–H and O–H groups in total. The van der Waals surface area contributed by atoms with E-state index in [4.69, 9.17) is 0 Å². The van der Waals surface area contributed by atoms with Crippen molar-refractivity contribution >= 4 is 11.7 Å². The minimum Gasteiger partial charge on any atom is -0.335 e. The van der Waals surface area contributed by atoms with Gasteiger partial charge in [0.1, 0.15) is 6.33 Å². The largest absolute Gasteiger partial charge is 0.335 e. The van der Waals surface area contributed by atoms with E-state index in [1.54, 1.807) is 12.5 Å². The molecule has 0 aliphatic rings. The van der Waals surface area contributed by atoms with Gasteiger partial charge in [0.15, 0.2) is 0 Å². The Labute approximate surface area is 145 Å². The van der Waals surface area contributed by atoms with Gasteiger partial charge in [0.2, 0.25) is 0 Å². The maximum absolute atomic E-state index is 12.4. The van der Waals surface area contributed by atoms with Crippen LogP contribution in [0.2, 0.25) is 0 Å². The van der Waals surface area contributed by atoms with Gasteiger partial charge in [-0.1, -0.05) is 13.0 Å². The number of benzene rings is 1. The first-order chi connectivity index (χ1) is 12.2. The van der Waals surface area contributed by atoms with E-state index in [0.29, 0.717) is 12.2 Å². The van der Waals surface area contributed by atoms with Crippen LogP contribution in [-0.2, 0) is 6.54 Å². The minimum absolute atomic E-state index is 0.0113. The summed E-state index contributed by atoms with van der Waals surface area (Å²) in [5.74, 6) is 0. The molecule has 0 aliphatic carbocycles. The van der Waals surface area contributed by atoms with E-state index in [1.807, 2.05) is 42.8 Å². The summed E-state index contributed by atoms with van der Waals surface area (Å²) in [6.45, 7) is 4.64. The van der Waals surface area contributed by atoms with Gasteiger partial charge in [-0.25, -0.2) is 14.5 Å². The number of aromatic nitrogens is 6. The van der Waals surface area contributed by atoms with Crippen molar-refractivity contribution in [1.82, 2.24) is 35.1 Å². The zero-order valence-electron chi connectivity index (χ0n) is 14.1. The molecule has 25 heavy (non-hydrogen) atoms. The third kappa shape index (κ3) is 4.19. The number of nitrogens with one attached hydrogen (secondary N) is 2. The molecule has 0 bridgehead atoms. The Morgan fingerprint density at radius 1 is 1.32 bits per heavy atom. The predicted molar refractivity (Wildman–Crippen MR) is 92.4 cm³/mol. The Morgan fingerprint density at radius 3 is 2.88 bits per heavy atom. The molecule has 2 heterocycles. The van der Waals surface area contributed by atoms with E-state index in [2.05, 4.69) is 31.1 Å². The normalized spacial score (nSPS) is 11.9. The van der Waals surface area contributed by atoms with Gasteiger partial charge in [-0.3, -0.25) is 0 Å². The zero-order chi connectivity index (χ0) is 17.6. The highest BCUT2D eigenvalue weighted by Crippen LogP contribution is 2.18. The average Bonchev–Trinajstić information content (AvgIpc) is 3.29. The van der Waals surface area contributed by atoms with Crippen LogP contribution >= 0.6 is 0 Å². The third-order valence-corrected chi connectivity index (χ3v) is 3.90. The molecule has 0 fully saturated rings. The van der Waals surface area contributed by atoms with E-state index < -0.39 is 0 Å². The lowest BCUT2D eigenvalue weighted by Crippen LogP contribution is -2.40. The molecule has 0 saturated heterocycles. The van der Waals surface area contributed by atoms with Crippen LogP contribution in [0.25, 0.3) is 5.69 Å². The molecule has 0 spiro atoms. The van der Waals surface area contributed by atoms with Gasteiger partial charge in [0, 0.05) is 30.7 Å². The van der Waals surface area contributed by atoms with Crippen molar-refractivity contribution in [2.24, 2.45) is 0 Å². The monoisotopic (exact) mass is 340 g/mol. The molecule has 0 unspecified atom stereocenters. The van der Waals surface area contributed by atoms with Gasteiger partial charge in [-0.15, -0.1) is 5.10 Å². The first kappa shape index (κ1) is 16.6. The molecule has 2 aromatic heterocycles. The number of imidazole rings is 1. The number of amides is 2. The average molecular weight is 340 g/mol. The lowest BCUT2D eigenvalue weighted by Gasteiger charge is -2.18. The second-order valence-corrected chi connectivity index (χ2v) is 5.72. The molecule has 0 saturated carbocycles. The number of carbonyl (C=O) groups is 1. The van der Waals surface area contributed by atoms with E-state index in [0.717, 1.165) is 17.7 Å². The molecule has 0 radical (unpaired) electrons. The Bertz CT molecular complexity index is 813. The predicted octanol–water partition coefficient (Wildman–Crippen LogP) is 1.77. The van der Waals surface area contributed by atoms with Crippen molar-refractivity contribution in [3.8, 4) is 5.69 Å². The van der Waals surface area contributed by atoms with Gasteiger partial charge in [-0.2, -0.15) is 0 Å². The lowest BCUT2D eigenvalue weighted by molar-refractivity contribution is 0.246. The molecule has 9 heteroatoms. The number of tetrazole rings is 1. The van der Waals surface area contributed by atoms with Crippen molar-refractivity contribution in [2.75, 3.05) is 5.32 Å². The molecule has 1 atom stereocenters. The summed E-state index contributed by atoms with van der Waals surface area (Å²) >= 11 is 0. The van der Waals surface area contributed by atoms with Gasteiger partial charge in [0.05, 0.1) is 12.0 Å². The van der Waals surface area contributed by atoms with Gasteiger partial charge in [0.25, 0.3) is 0 Å². The molecule has 3 aromatic rings. The van der Waals surface area contributed by atoms with Crippen molar-refractivity contribution in [2.45, 2.75) is 32.9 Å². The lowest BCUT2D eigenvalue weighted by atomic mass is 10.2. The first-order valence-corrected chi connectivity index (χ1v) is 8.03. The van der Waals surface area contributed by atoms with Crippen molar-refractivity contribution in [3.05, 3.63) is 48.8 Å². The highest BCUT2D eigenvalue weighted by atomic mass is 16.2. The van der Waals surface area contributed by atoms with Crippen LogP contribution < -0.4 is 10.6 Å². The molecular formula is C16H20N8O. The maximum atomic E-state index is 12.4. The Hall–Kier alpha value is -3.23. The highest BCUT2D eigenvalue weighted by molar-refractivity contribution is 5.90. The second kappa shape index (κ2) is 7.56. The Kier molecular flexibility index (Phi) is 5.03. The molecule has 9 nitrogen and oxygen atoms in total. The topological polar surface area (TPSA) is 103 Å². The summed E-state index contributed by atoms with van der Waals surface area (Å²) in [6, 6.07) is 5.40. The molecule has 0 aliphatic heterocycles. The van der Waals surface area contributed by atoms with Crippen molar-refractivity contribution in [1.29, 1.82) is 0 Å². The quantitative estimate of drug-likeness (QED) is 0.712. The van der Waals surface area contributed by atoms with E-state index in [1.165, 1.54) is 11.0 Å². The number of anilines is 1. The maximum Gasteiger partial charge on any atom is 0.319 e. The number of hydrogen-bond donors (Lipinski definition) is 2. The standard InChI is InChI=1S/C16H20N8O/c1-3-13(9-23-7-6-17-10-23)19-16(25)20-15-8-14(5-4-12(15)2)24-11-18-21-22-24/h4-8,10-11,13H,3,9H2,1-2H3,(H2,19,20,25)/t13-/m1/s1. The molecule has 1 aromatic carbocycles. The zero-order valence-corrected chi connectivity index (χ0v) is 14.1. The van der Waals surface area contributed by atoms with Crippen LogP contribution in [0.4, 0.5) is 10.5 Å². The van der Waals surface area contributed by atoms with Crippen molar-refractivity contribution in [3.63, 3.8) is 0 Å². The minimum atomic E-state index is -0.246. The molecule has 2 amide bonds. The van der Waals surface area contributed by atoms with Gasteiger partial charge in [-0.05, 0) is 41.5 Å². The Morgan fingerprint density at radius 2 is 2.20 bits per heavy atom. The fraction of sp³-hybridized carbons (Fsp3) is 0.312. The molecule has 130 valence electrons. The number of nitrogens with zero attached hydrogens (tertiary/aromatic N) is 6. The number of rotatable bonds is 6. The fourth-order valence-corrected chi connectivity index (χ4v) is 2.44. The van der Waals surface area contributed by atoms with Crippen molar-refractivity contribution < 1.29 is 4.79 Å². The Balaban J connectivity index is 1.66. The number of carbonyl (C=O) groups excluding carboxylic acids is 1. The first-order valence-electron chi connectivity index (χ1n) is 8.03. The van der Waals surface area contributed by atoms with Gasteiger partial charge >= 0.3 is 6.03 Å². The van der Waals surface area contributed by atoms with Crippen LogP contribution in [0.1, 0.15) is 18.9 Å². The van der Waals surface area contributed by atoms with E-state index in [9.17, 15) is 4.79 Å². The summed E-state index contributed by atoms with van der Waals surface area (Å²) in [5, 5.41) is 17.0. The van der Waals surface area contributed by atoms with Crippen LogP contribution in [-0.4, -0.2) is 41.8 Å². The fourth-order valence-electron chi connectivity index (χ4n) is 2.44. The number of hydrogen-bond acceptors (Lipinski definition) is 5. The SMILES string of the molecule is CC[C@H](Cn1ccnc1)NC(=O)Nc1cc(-n2cnnn2)ccc1C. The smallest absolute Gasteiger partial charge is 0.319 e. The highest BCUT2D eigenvalue weighted by Gasteiger charge is 2.12. The summed E-state index contributed by atoms with van der Waals surface area (Å²) in [5.41, 5.74) is 2.44. The number of urea groups is 1. The summed E-state index contributed by atoms with van der Waals surface area (Å²) in [6.07, 6.45) is 7.66. The van der Waals surface area contributed by atoms with E-state index in [-0.39, 0.29) is 12.1 Å². The number of aryl methyl sites for hydroxylation is 1. The van der Waals surface area contributed by atoms with Crippen LogP contribution in [0.15, 0.2) is 43.2 Å². The summed E-state index contributed by atoms with van der Waals surface area (Å²) in [7, 11) is 0. The van der Waals surface area contributed by atoms with E-state index >= 15 is 0 Å². The van der Waals surface area contributed by atoms with Crippen LogP contribution in [0.3, 0.4) is 0 Å². The molecule has 3 rings (SSSR count). The summed E-state index contributed by atoms with van der Waals surface area (Å²) < 4.78 is 3.48. The van der Waals surface area contributed by atoms with Gasteiger partial charge < -0.3 is 15.2 Å². The third-order valence-electron chi connectivity index (χ3n) is 3.90. The van der Waals surface area contributed by atoms with Crippen LogP contribution in [0.5, 0.6) is 0 Å².